The standard InChI is InChI=1S/C19H14FNO5/c20-14-4-5-16(21(23)24)18(9-14)26-19(22)8-13-10-25-17-7-12-3-1-2-11(12)6-15(13)17/h4-7,9-10H,1-3,8H2. The average molecular weight is 355 g/mol. The van der Waals surface area contributed by atoms with Gasteiger partial charge in [0.1, 0.15) is 11.4 Å². The molecule has 6 nitrogen and oxygen atoms in total. The maximum absolute atomic E-state index is 13.3. The quantitative estimate of drug-likeness (QED) is 0.304. The largest absolute Gasteiger partial charge is 0.464 e. The molecule has 0 amide bonds. The molecule has 1 aromatic heterocycles. The molecule has 4 rings (SSSR count). The van der Waals surface area contributed by atoms with Crippen molar-refractivity contribution >= 4 is 22.6 Å². The number of halogens is 1. The van der Waals surface area contributed by atoms with Gasteiger partial charge >= 0.3 is 11.7 Å². The van der Waals surface area contributed by atoms with Gasteiger partial charge in [-0.25, -0.2) is 4.39 Å². The first kappa shape index (κ1) is 16.3. The van der Waals surface area contributed by atoms with Gasteiger partial charge in [0.25, 0.3) is 0 Å². The van der Waals surface area contributed by atoms with Gasteiger partial charge in [0, 0.05) is 23.1 Å². The van der Waals surface area contributed by atoms with Crippen LogP contribution in [-0.2, 0) is 24.1 Å². The fraction of sp³-hybridized carbons (Fsp3) is 0.211. The van der Waals surface area contributed by atoms with Crippen LogP contribution in [0.2, 0.25) is 0 Å². The van der Waals surface area contributed by atoms with Crippen LogP contribution in [0, 0.1) is 15.9 Å². The lowest BCUT2D eigenvalue weighted by Crippen LogP contribution is -2.12. The monoisotopic (exact) mass is 355 g/mol. The van der Waals surface area contributed by atoms with Crippen LogP contribution in [0.25, 0.3) is 11.0 Å². The average Bonchev–Trinajstić information content (AvgIpc) is 3.19. The maximum atomic E-state index is 13.3. The Morgan fingerprint density at radius 1 is 1.23 bits per heavy atom. The van der Waals surface area contributed by atoms with Crippen molar-refractivity contribution in [1.82, 2.24) is 0 Å². The number of nitrogens with zero attached hydrogens (tertiary/aromatic N) is 1. The summed E-state index contributed by atoms with van der Waals surface area (Å²) >= 11 is 0. The summed E-state index contributed by atoms with van der Waals surface area (Å²) in [6.45, 7) is 0. The summed E-state index contributed by atoms with van der Waals surface area (Å²) in [4.78, 5) is 22.5. The Kier molecular flexibility index (Phi) is 3.91. The fourth-order valence-electron chi connectivity index (χ4n) is 3.32. The topological polar surface area (TPSA) is 82.6 Å². The summed E-state index contributed by atoms with van der Waals surface area (Å²) in [6.07, 6.45) is 4.48. The third-order valence-electron chi connectivity index (χ3n) is 4.55. The van der Waals surface area contributed by atoms with E-state index in [1.165, 1.54) is 17.4 Å². The first-order valence-electron chi connectivity index (χ1n) is 8.18. The number of nitro benzene ring substituents is 1. The lowest BCUT2D eigenvalue weighted by molar-refractivity contribution is -0.385. The van der Waals surface area contributed by atoms with Gasteiger partial charge in [-0.3, -0.25) is 14.9 Å². The number of rotatable bonds is 4. The first-order chi connectivity index (χ1) is 12.5. The van der Waals surface area contributed by atoms with Crippen molar-refractivity contribution in [2.24, 2.45) is 0 Å². The Bertz CT molecular complexity index is 1040. The molecule has 7 heteroatoms. The van der Waals surface area contributed by atoms with Crippen LogP contribution in [0.15, 0.2) is 41.0 Å². The lowest BCUT2D eigenvalue weighted by Gasteiger charge is -2.05. The summed E-state index contributed by atoms with van der Waals surface area (Å²) in [5.74, 6) is -1.85. The normalized spacial score (nSPS) is 13.0. The molecule has 0 saturated heterocycles. The Morgan fingerprint density at radius 3 is 2.77 bits per heavy atom. The van der Waals surface area contributed by atoms with Crippen molar-refractivity contribution in [2.75, 3.05) is 0 Å². The highest BCUT2D eigenvalue weighted by molar-refractivity contribution is 5.87. The molecular weight excluding hydrogens is 341 g/mol. The predicted octanol–water partition coefficient (Wildman–Crippen LogP) is 4.12. The maximum Gasteiger partial charge on any atom is 0.316 e. The molecule has 0 aliphatic heterocycles. The molecule has 0 fully saturated rings. The van der Waals surface area contributed by atoms with Gasteiger partial charge in [-0.15, -0.1) is 0 Å². The van der Waals surface area contributed by atoms with E-state index in [0.29, 0.717) is 11.1 Å². The second kappa shape index (κ2) is 6.25. The molecule has 0 N–H and O–H groups in total. The molecule has 3 aromatic rings. The summed E-state index contributed by atoms with van der Waals surface area (Å²) in [7, 11) is 0. The first-order valence-corrected chi connectivity index (χ1v) is 8.18. The molecule has 0 saturated carbocycles. The second-order valence-corrected chi connectivity index (χ2v) is 6.25. The van der Waals surface area contributed by atoms with E-state index in [9.17, 15) is 19.3 Å². The van der Waals surface area contributed by atoms with Crippen LogP contribution in [-0.4, -0.2) is 10.9 Å². The predicted molar refractivity (Wildman–Crippen MR) is 90.6 cm³/mol. The molecule has 0 spiro atoms. The van der Waals surface area contributed by atoms with Crippen LogP contribution in [0.3, 0.4) is 0 Å². The zero-order chi connectivity index (χ0) is 18.3. The van der Waals surface area contributed by atoms with Gasteiger partial charge < -0.3 is 9.15 Å². The Balaban J connectivity index is 1.59. The number of benzene rings is 2. The van der Waals surface area contributed by atoms with Crippen molar-refractivity contribution < 1.29 is 23.3 Å². The fourth-order valence-corrected chi connectivity index (χ4v) is 3.32. The van der Waals surface area contributed by atoms with Crippen LogP contribution in [0.1, 0.15) is 23.1 Å². The minimum Gasteiger partial charge on any atom is -0.464 e. The van der Waals surface area contributed by atoms with Crippen molar-refractivity contribution in [2.45, 2.75) is 25.7 Å². The number of nitro groups is 1. The van der Waals surface area contributed by atoms with E-state index in [1.54, 1.807) is 0 Å². The van der Waals surface area contributed by atoms with E-state index >= 15 is 0 Å². The zero-order valence-corrected chi connectivity index (χ0v) is 13.7. The molecule has 1 aliphatic rings. The van der Waals surface area contributed by atoms with Gasteiger partial charge in [-0.2, -0.15) is 0 Å². The summed E-state index contributed by atoms with van der Waals surface area (Å²) in [5, 5.41) is 11.8. The number of furan rings is 1. The molecule has 2 aromatic carbocycles. The van der Waals surface area contributed by atoms with E-state index in [0.717, 1.165) is 42.8 Å². The number of esters is 1. The van der Waals surface area contributed by atoms with Crippen molar-refractivity contribution in [3.05, 3.63) is 69.2 Å². The van der Waals surface area contributed by atoms with Crippen LogP contribution in [0.5, 0.6) is 5.75 Å². The van der Waals surface area contributed by atoms with Crippen LogP contribution < -0.4 is 4.74 Å². The Morgan fingerprint density at radius 2 is 2.00 bits per heavy atom. The third-order valence-corrected chi connectivity index (χ3v) is 4.55. The number of carbonyl (C=O) groups is 1. The summed E-state index contributed by atoms with van der Waals surface area (Å²) in [6, 6.07) is 6.75. The van der Waals surface area contributed by atoms with Gasteiger partial charge in [0.05, 0.1) is 17.6 Å². The third kappa shape index (κ3) is 2.92. The molecular formula is C19H14FNO5. The van der Waals surface area contributed by atoms with E-state index in [1.807, 2.05) is 12.1 Å². The van der Waals surface area contributed by atoms with Crippen LogP contribution in [0.4, 0.5) is 10.1 Å². The molecule has 0 atom stereocenters. The van der Waals surface area contributed by atoms with E-state index in [-0.39, 0.29) is 6.42 Å². The number of carbonyl (C=O) groups excluding carboxylic acids is 1. The number of hydrogen-bond donors (Lipinski definition) is 0. The number of hydrogen-bond acceptors (Lipinski definition) is 5. The van der Waals surface area contributed by atoms with Gasteiger partial charge in [0.2, 0.25) is 5.75 Å². The highest BCUT2D eigenvalue weighted by atomic mass is 19.1. The van der Waals surface area contributed by atoms with Crippen molar-refractivity contribution in [3.8, 4) is 5.75 Å². The smallest absolute Gasteiger partial charge is 0.316 e. The van der Waals surface area contributed by atoms with Crippen molar-refractivity contribution in [1.29, 1.82) is 0 Å². The molecule has 132 valence electrons. The molecule has 0 radical (unpaired) electrons. The number of ether oxygens (including phenoxy) is 1. The summed E-state index contributed by atoms with van der Waals surface area (Å²) in [5.41, 5.74) is 3.38. The van der Waals surface area contributed by atoms with Gasteiger partial charge in [0.15, 0.2) is 0 Å². The zero-order valence-electron chi connectivity index (χ0n) is 13.7. The van der Waals surface area contributed by atoms with Gasteiger partial charge in [-0.1, -0.05) is 0 Å². The molecule has 0 bridgehead atoms. The molecule has 1 heterocycles. The highest BCUT2D eigenvalue weighted by Gasteiger charge is 2.21. The molecule has 1 aliphatic carbocycles. The van der Waals surface area contributed by atoms with Gasteiger partial charge in [-0.05, 0) is 48.6 Å². The SMILES string of the molecule is O=C(Cc1coc2cc3c(cc12)CCC3)Oc1cc(F)ccc1[N+](=O)[O-]. The highest BCUT2D eigenvalue weighted by Crippen LogP contribution is 2.31. The Labute approximate surface area is 147 Å². The lowest BCUT2D eigenvalue weighted by atomic mass is 10.0. The second-order valence-electron chi connectivity index (χ2n) is 6.25. The minimum absolute atomic E-state index is 0.126. The van der Waals surface area contributed by atoms with Crippen molar-refractivity contribution in [3.63, 3.8) is 0 Å². The van der Waals surface area contributed by atoms with Crippen LogP contribution >= 0.6 is 0 Å². The number of fused-ring (bicyclic) bond motifs is 2. The Hall–Kier alpha value is -3.22. The van der Waals surface area contributed by atoms with E-state index in [4.69, 9.17) is 9.15 Å². The number of aryl methyl sites for hydroxylation is 2. The summed E-state index contributed by atoms with van der Waals surface area (Å²) < 4.78 is 23.9. The minimum atomic E-state index is -0.724. The van der Waals surface area contributed by atoms with E-state index < -0.39 is 28.1 Å². The van der Waals surface area contributed by atoms with E-state index in [2.05, 4.69) is 0 Å². The molecule has 0 unspecified atom stereocenters. The molecule has 26 heavy (non-hydrogen) atoms.